The minimum Gasteiger partial charge on any atom is -0.387 e. The van der Waals surface area contributed by atoms with Crippen molar-refractivity contribution in [3.8, 4) is 0 Å². The Balaban J connectivity index is 2.66. The van der Waals surface area contributed by atoms with Gasteiger partial charge in [0.1, 0.15) is 16.2 Å². The molecule has 0 aliphatic rings. The smallest absolute Gasteiger partial charge is 0.132 e. The molecule has 0 amide bonds. The van der Waals surface area contributed by atoms with E-state index < -0.39 is 5.60 Å². The van der Waals surface area contributed by atoms with Gasteiger partial charge >= 0.3 is 0 Å². The minimum absolute atomic E-state index is 0.445. The number of anilines is 1. The second kappa shape index (κ2) is 7.17. The van der Waals surface area contributed by atoms with Gasteiger partial charge in [-0.1, -0.05) is 6.92 Å². The molecule has 19 heavy (non-hydrogen) atoms. The van der Waals surface area contributed by atoms with Crippen LogP contribution in [0, 0.1) is 0 Å². The largest absolute Gasteiger partial charge is 0.387 e. The first-order valence-electron chi connectivity index (χ1n) is 6.47. The van der Waals surface area contributed by atoms with E-state index in [1.54, 1.807) is 0 Å². The van der Waals surface area contributed by atoms with E-state index in [1.165, 1.54) is 0 Å². The van der Waals surface area contributed by atoms with E-state index in [0.717, 1.165) is 29.1 Å². The van der Waals surface area contributed by atoms with Gasteiger partial charge in [0.15, 0.2) is 0 Å². The first kappa shape index (κ1) is 16.3. The fraction of sp³-hybridized carbons (Fsp3) is 0.692. The molecule has 0 aliphatic heterocycles. The topological polar surface area (TPSA) is 61.3 Å². The SMILES string of the molecule is CCCc1nc(Br)cc(NCC(C)(O)CN(C)C)n1. The summed E-state index contributed by atoms with van der Waals surface area (Å²) in [4.78, 5) is 10.7. The number of halogens is 1. The van der Waals surface area contributed by atoms with E-state index in [9.17, 15) is 5.11 Å². The van der Waals surface area contributed by atoms with Gasteiger partial charge in [-0.2, -0.15) is 0 Å². The fourth-order valence-electron chi connectivity index (χ4n) is 1.91. The van der Waals surface area contributed by atoms with Gasteiger partial charge < -0.3 is 15.3 Å². The molecule has 5 nitrogen and oxygen atoms in total. The summed E-state index contributed by atoms with van der Waals surface area (Å²) in [6.07, 6.45) is 1.86. The predicted octanol–water partition coefficient (Wildman–Crippen LogP) is 1.92. The number of likely N-dealkylation sites (N-methyl/N-ethyl adjacent to an activating group) is 1. The van der Waals surface area contributed by atoms with Crippen molar-refractivity contribution in [2.45, 2.75) is 32.3 Å². The van der Waals surface area contributed by atoms with Crippen LogP contribution in [0.2, 0.25) is 0 Å². The number of rotatable bonds is 7. The molecule has 1 atom stereocenters. The van der Waals surface area contributed by atoms with Crippen LogP contribution in [0.4, 0.5) is 5.82 Å². The van der Waals surface area contributed by atoms with Gasteiger partial charge in [-0.3, -0.25) is 0 Å². The Bertz CT molecular complexity index is 410. The first-order chi connectivity index (χ1) is 8.82. The Morgan fingerprint density at radius 2 is 2.11 bits per heavy atom. The van der Waals surface area contributed by atoms with Gasteiger partial charge in [0.2, 0.25) is 0 Å². The van der Waals surface area contributed by atoms with Crippen LogP contribution in [0.25, 0.3) is 0 Å². The van der Waals surface area contributed by atoms with E-state index in [4.69, 9.17) is 0 Å². The average molecular weight is 331 g/mol. The summed E-state index contributed by atoms with van der Waals surface area (Å²) in [6.45, 7) is 4.94. The van der Waals surface area contributed by atoms with Gasteiger partial charge in [0.25, 0.3) is 0 Å². The molecule has 1 aromatic heterocycles. The molecule has 0 spiro atoms. The number of nitrogens with zero attached hydrogens (tertiary/aromatic N) is 3. The normalized spacial score (nSPS) is 14.5. The number of aryl methyl sites for hydroxylation is 1. The van der Waals surface area contributed by atoms with Crippen molar-refractivity contribution >= 4 is 21.7 Å². The zero-order valence-corrected chi connectivity index (χ0v) is 13.7. The summed E-state index contributed by atoms with van der Waals surface area (Å²) in [5, 5.41) is 13.4. The van der Waals surface area contributed by atoms with Crippen molar-refractivity contribution in [1.29, 1.82) is 0 Å². The van der Waals surface area contributed by atoms with E-state index in [2.05, 4.69) is 38.1 Å². The van der Waals surface area contributed by atoms with Crippen molar-refractivity contribution in [1.82, 2.24) is 14.9 Å². The summed E-state index contributed by atoms with van der Waals surface area (Å²) < 4.78 is 0.765. The standard InChI is InChI=1S/C13H23BrN4O/c1-5-6-11-16-10(14)7-12(17-11)15-8-13(2,19)9-18(3)4/h7,19H,5-6,8-9H2,1-4H3,(H,15,16,17). The highest BCUT2D eigenvalue weighted by atomic mass is 79.9. The highest BCUT2D eigenvalue weighted by Gasteiger charge is 2.21. The van der Waals surface area contributed by atoms with Crippen molar-refractivity contribution < 1.29 is 5.11 Å². The number of hydrogen-bond acceptors (Lipinski definition) is 5. The Kier molecular flexibility index (Phi) is 6.16. The molecule has 1 rings (SSSR count). The van der Waals surface area contributed by atoms with Crippen LogP contribution in [0.5, 0.6) is 0 Å². The molecular formula is C13H23BrN4O. The Hall–Kier alpha value is -0.720. The second-order valence-corrected chi connectivity index (χ2v) is 6.14. The molecular weight excluding hydrogens is 308 g/mol. The highest BCUT2D eigenvalue weighted by molar-refractivity contribution is 9.10. The van der Waals surface area contributed by atoms with Gasteiger partial charge in [0.05, 0.1) is 5.60 Å². The lowest BCUT2D eigenvalue weighted by Gasteiger charge is -2.27. The molecule has 0 bridgehead atoms. The molecule has 0 saturated carbocycles. The van der Waals surface area contributed by atoms with Crippen LogP contribution in [-0.4, -0.2) is 52.8 Å². The summed E-state index contributed by atoms with van der Waals surface area (Å²) >= 11 is 3.38. The third kappa shape index (κ3) is 6.31. The van der Waals surface area contributed by atoms with Gasteiger partial charge in [-0.25, -0.2) is 9.97 Å². The monoisotopic (exact) mass is 330 g/mol. The lowest BCUT2D eigenvalue weighted by Crippen LogP contribution is -2.43. The zero-order chi connectivity index (χ0) is 14.5. The summed E-state index contributed by atoms with van der Waals surface area (Å²) in [5.41, 5.74) is -0.800. The molecule has 0 fully saturated rings. The van der Waals surface area contributed by atoms with Crippen LogP contribution < -0.4 is 5.32 Å². The van der Waals surface area contributed by atoms with E-state index in [-0.39, 0.29) is 0 Å². The molecule has 0 saturated heterocycles. The van der Waals surface area contributed by atoms with E-state index in [0.29, 0.717) is 13.1 Å². The number of aromatic nitrogens is 2. The highest BCUT2D eigenvalue weighted by Crippen LogP contribution is 2.14. The maximum atomic E-state index is 10.2. The molecule has 0 aromatic carbocycles. The molecule has 108 valence electrons. The molecule has 0 radical (unpaired) electrons. The molecule has 6 heteroatoms. The molecule has 1 aromatic rings. The Labute approximate surface area is 123 Å². The maximum Gasteiger partial charge on any atom is 0.132 e. The lowest BCUT2D eigenvalue weighted by molar-refractivity contribution is 0.0459. The van der Waals surface area contributed by atoms with Crippen LogP contribution in [0.1, 0.15) is 26.1 Å². The molecule has 1 heterocycles. The number of hydrogen-bond donors (Lipinski definition) is 2. The maximum absolute atomic E-state index is 10.2. The molecule has 2 N–H and O–H groups in total. The van der Waals surface area contributed by atoms with E-state index in [1.807, 2.05) is 32.0 Å². The summed E-state index contributed by atoms with van der Waals surface area (Å²) in [6, 6.07) is 1.82. The number of aliphatic hydroxyl groups is 1. The third-order valence-corrected chi connectivity index (χ3v) is 2.93. The summed E-state index contributed by atoms with van der Waals surface area (Å²) in [5.74, 6) is 1.55. The summed E-state index contributed by atoms with van der Waals surface area (Å²) in [7, 11) is 3.88. The van der Waals surface area contributed by atoms with Gasteiger partial charge in [-0.05, 0) is 43.4 Å². The van der Waals surface area contributed by atoms with Gasteiger partial charge in [0, 0.05) is 25.6 Å². The quantitative estimate of drug-likeness (QED) is 0.748. The van der Waals surface area contributed by atoms with Crippen LogP contribution in [0.3, 0.4) is 0 Å². The lowest BCUT2D eigenvalue weighted by atomic mass is 10.1. The van der Waals surface area contributed by atoms with E-state index >= 15 is 0 Å². The van der Waals surface area contributed by atoms with Crippen LogP contribution >= 0.6 is 15.9 Å². The van der Waals surface area contributed by atoms with Crippen molar-refractivity contribution in [3.05, 3.63) is 16.5 Å². The fourth-order valence-corrected chi connectivity index (χ4v) is 2.33. The molecule has 1 unspecified atom stereocenters. The second-order valence-electron chi connectivity index (χ2n) is 5.33. The first-order valence-corrected chi connectivity index (χ1v) is 7.26. The Morgan fingerprint density at radius 1 is 1.42 bits per heavy atom. The van der Waals surface area contributed by atoms with Crippen molar-refractivity contribution in [3.63, 3.8) is 0 Å². The Morgan fingerprint density at radius 3 is 2.68 bits per heavy atom. The molecule has 0 aliphatic carbocycles. The predicted molar refractivity (Wildman–Crippen MR) is 81.4 cm³/mol. The van der Waals surface area contributed by atoms with Crippen molar-refractivity contribution in [2.75, 3.05) is 32.5 Å². The van der Waals surface area contributed by atoms with Gasteiger partial charge in [-0.15, -0.1) is 0 Å². The zero-order valence-electron chi connectivity index (χ0n) is 12.1. The van der Waals surface area contributed by atoms with Crippen LogP contribution in [-0.2, 0) is 6.42 Å². The minimum atomic E-state index is -0.800. The van der Waals surface area contributed by atoms with Crippen LogP contribution in [0.15, 0.2) is 10.7 Å². The van der Waals surface area contributed by atoms with Crippen molar-refractivity contribution in [2.24, 2.45) is 0 Å². The third-order valence-electron chi connectivity index (χ3n) is 2.52. The average Bonchev–Trinajstić information content (AvgIpc) is 2.24. The number of nitrogens with one attached hydrogen (secondary N) is 1.